The van der Waals surface area contributed by atoms with Crippen LogP contribution in [-0.4, -0.2) is 36.7 Å². The molecule has 0 unspecified atom stereocenters. The van der Waals surface area contributed by atoms with Crippen molar-refractivity contribution in [1.82, 2.24) is 15.6 Å². The van der Waals surface area contributed by atoms with E-state index in [0.29, 0.717) is 12.6 Å². The summed E-state index contributed by atoms with van der Waals surface area (Å²) in [5, 5.41) is 6.64. The van der Waals surface area contributed by atoms with Crippen molar-refractivity contribution in [1.29, 1.82) is 0 Å². The Morgan fingerprint density at radius 2 is 2.09 bits per heavy atom. The van der Waals surface area contributed by atoms with E-state index in [4.69, 9.17) is 4.74 Å². The van der Waals surface area contributed by atoms with E-state index in [2.05, 4.69) is 27.5 Å². The molecule has 1 aromatic heterocycles. The summed E-state index contributed by atoms with van der Waals surface area (Å²) in [6.07, 6.45) is 8.27. The molecule has 1 heterocycles. The van der Waals surface area contributed by atoms with Crippen molar-refractivity contribution < 1.29 is 4.74 Å². The summed E-state index contributed by atoms with van der Waals surface area (Å²) in [7, 11) is 0. The van der Waals surface area contributed by atoms with Gasteiger partial charge in [-0.3, -0.25) is 0 Å². The SMILES string of the molecule is CCNC(=NCc1scnc1C)NCCOC1CCCCCC1. The number of hydrogen-bond acceptors (Lipinski definition) is 4. The van der Waals surface area contributed by atoms with Gasteiger partial charge in [0, 0.05) is 18.0 Å². The second-order valence-electron chi connectivity index (χ2n) is 5.97. The quantitative estimate of drug-likeness (QED) is 0.347. The van der Waals surface area contributed by atoms with E-state index in [1.807, 2.05) is 12.4 Å². The van der Waals surface area contributed by atoms with Crippen LogP contribution in [0.15, 0.2) is 10.5 Å². The number of hydrogen-bond donors (Lipinski definition) is 2. The Morgan fingerprint density at radius 1 is 1.30 bits per heavy atom. The highest BCUT2D eigenvalue weighted by Gasteiger charge is 2.12. The molecule has 0 aliphatic heterocycles. The highest BCUT2D eigenvalue weighted by molar-refractivity contribution is 7.09. The molecule has 0 saturated heterocycles. The molecule has 2 rings (SSSR count). The van der Waals surface area contributed by atoms with Gasteiger partial charge in [-0.1, -0.05) is 25.7 Å². The van der Waals surface area contributed by atoms with Crippen LogP contribution in [0.2, 0.25) is 0 Å². The van der Waals surface area contributed by atoms with Crippen molar-refractivity contribution in [2.45, 2.75) is 65.0 Å². The van der Waals surface area contributed by atoms with E-state index in [1.165, 1.54) is 43.4 Å². The van der Waals surface area contributed by atoms with E-state index in [9.17, 15) is 0 Å². The number of thiazole rings is 1. The molecule has 6 heteroatoms. The van der Waals surface area contributed by atoms with Crippen LogP contribution >= 0.6 is 11.3 Å². The molecule has 2 N–H and O–H groups in total. The minimum absolute atomic E-state index is 0.457. The lowest BCUT2D eigenvalue weighted by Gasteiger charge is -2.16. The Balaban J connectivity index is 1.70. The Labute approximate surface area is 144 Å². The lowest BCUT2D eigenvalue weighted by Crippen LogP contribution is -2.39. The number of aliphatic imine (C=N–C) groups is 1. The maximum absolute atomic E-state index is 6.01. The summed E-state index contributed by atoms with van der Waals surface area (Å²) in [5.41, 5.74) is 2.95. The van der Waals surface area contributed by atoms with Gasteiger partial charge in [0.2, 0.25) is 0 Å². The zero-order chi connectivity index (χ0) is 16.3. The molecule has 1 aliphatic rings. The fourth-order valence-corrected chi connectivity index (χ4v) is 3.47. The maximum Gasteiger partial charge on any atom is 0.191 e. The second kappa shape index (κ2) is 10.6. The molecular weight excluding hydrogens is 308 g/mol. The third-order valence-electron chi connectivity index (χ3n) is 4.12. The summed E-state index contributed by atoms with van der Waals surface area (Å²) >= 11 is 1.66. The highest BCUT2D eigenvalue weighted by Crippen LogP contribution is 2.19. The summed E-state index contributed by atoms with van der Waals surface area (Å²) in [4.78, 5) is 10.1. The van der Waals surface area contributed by atoms with Crippen LogP contribution in [0.5, 0.6) is 0 Å². The molecule has 5 nitrogen and oxygen atoms in total. The summed E-state index contributed by atoms with van der Waals surface area (Å²) in [6.45, 7) is 7.18. The van der Waals surface area contributed by atoms with Crippen LogP contribution in [0.4, 0.5) is 0 Å². The molecule has 0 spiro atoms. The lowest BCUT2D eigenvalue weighted by atomic mass is 10.1. The molecule has 23 heavy (non-hydrogen) atoms. The summed E-state index contributed by atoms with van der Waals surface area (Å²) in [6, 6.07) is 0. The first kappa shape index (κ1) is 18.2. The maximum atomic E-state index is 6.01. The van der Waals surface area contributed by atoms with E-state index < -0.39 is 0 Å². The molecule has 1 fully saturated rings. The van der Waals surface area contributed by atoms with Gasteiger partial charge in [-0.05, 0) is 26.7 Å². The van der Waals surface area contributed by atoms with Crippen molar-refractivity contribution in [2.75, 3.05) is 19.7 Å². The third kappa shape index (κ3) is 6.87. The molecular formula is C17H30N4OS. The Hall–Kier alpha value is -1.14. The summed E-state index contributed by atoms with van der Waals surface area (Å²) in [5.74, 6) is 0.852. The van der Waals surface area contributed by atoms with E-state index in [0.717, 1.165) is 31.3 Å². The minimum Gasteiger partial charge on any atom is -0.376 e. The number of aromatic nitrogens is 1. The highest BCUT2D eigenvalue weighted by atomic mass is 32.1. The first-order valence-electron chi connectivity index (χ1n) is 8.82. The second-order valence-corrected chi connectivity index (χ2v) is 6.91. The fraction of sp³-hybridized carbons (Fsp3) is 0.765. The van der Waals surface area contributed by atoms with Crippen LogP contribution in [-0.2, 0) is 11.3 Å². The number of rotatable bonds is 7. The standard InChI is InChI=1S/C17H30N4OS/c1-3-18-17(20-12-16-14(2)21-13-23-16)19-10-11-22-15-8-6-4-5-7-9-15/h13,15H,3-12H2,1-2H3,(H2,18,19,20). The van der Waals surface area contributed by atoms with E-state index in [1.54, 1.807) is 11.3 Å². The Morgan fingerprint density at radius 3 is 2.74 bits per heavy atom. The van der Waals surface area contributed by atoms with Crippen molar-refractivity contribution in [2.24, 2.45) is 4.99 Å². The Bertz CT molecular complexity index is 467. The molecule has 1 aliphatic carbocycles. The van der Waals surface area contributed by atoms with Crippen LogP contribution in [0.3, 0.4) is 0 Å². The van der Waals surface area contributed by atoms with Gasteiger partial charge in [0.25, 0.3) is 0 Å². The summed E-state index contributed by atoms with van der Waals surface area (Å²) < 4.78 is 6.01. The van der Waals surface area contributed by atoms with Crippen LogP contribution < -0.4 is 10.6 Å². The van der Waals surface area contributed by atoms with Gasteiger partial charge < -0.3 is 15.4 Å². The molecule has 130 valence electrons. The topological polar surface area (TPSA) is 58.5 Å². The average molecular weight is 339 g/mol. The first-order chi connectivity index (χ1) is 11.3. The van der Waals surface area contributed by atoms with Crippen molar-refractivity contribution >= 4 is 17.3 Å². The van der Waals surface area contributed by atoms with Crippen LogP contribution in [0, 0.1) is 6.92 Å². The zero-order valence-electron chi connectivity index (χ0n) is 14.4. The van der Waals surface area contributed by atoms with Crippen molar-refractivity contribution in [3.8, 4) is 0 Å². The smallest absolute Gasteiger partial charge is 0.191 e. The van der Waals surface area contributed by atoms with Crippen LogP contribution in [0.25, 0.3) is 0 Å². The van der Waals surface area contributed by atoms with Crippen LogP contribution in [0.1, 0.15) is 56.0 Å². The largest absolute Gasteiger partial charge is 0.376 e. The monoisotopic (exact) mass is 338 g/mol. The molecule has 0 atom stereocenters. The molecule has 0 amide bonds. The first-order valence-corrected chi connectivity index (χ1v) is 9.70. The van der Waals surface area contributed by atoms with Gasteiger partial charge >= 0.3 is 0 Å². The Kier molecular flexibility index (Phi) is 8.39. The number of aryl methyl sites for hydroxylation is 1. The van der Waals surface area contributed by atoms with Gasteiger partial charge in [0.1, 0.15) is 0 Å². The van der Waals surface area contributed by atoms with E-state index >= 15 is 0 Å². The molecule has 1 saturated carbocycles. The van der Waals surface area contributed by atoms with E-state index in [-0.39, 0.29) is 0 Å². The molecule has 0 radical (unpaired) electrons. The van der Waals surface area contributed by atoms with Crippen molar-refractivity contribution in [3.63, 3.8) is 0 Å². The normalized spacial score (nSPS) is 17.0. The zero-order valence-corrected chi connectivity index (χ0v) is 15.3. The number of ether oxygens (including phenoxy) is 1. The number of nitrogens with zero attached hydrogens (tertiary/aromatic N) is 2. The predicted octanol–water partition coefficient (Wildman–Crippen LogP) is 3.25. The minimum atomic E-state index is 0.457. The number of nitrogens with one attached hydrogen (secondary N) is 2. The lowest BCUT2D eigenvalue weighted by molar-refractivity contribution is 0.0468. The average Bonchev–Trinajstić information content (AvgIpc) is 2.80. The van der Waals surface area contributed by atoms with Crippen molar-refractivity contribution in [3.05, 3.63) is 16.1 Å². The third-order valence-corrected chi connectivity index (χ3v) is 5.04. The number of guanidine groups is 1. The molecule has 1 aromatic rings. The van der Waals surface area contributed by atoms with Gasteiger partial charge in [-0.25, -0.2) is 9.98 Å². The molecule has 0 aromatic carbocycles. The van der Waals surface area contributed by atoms with Gasteiger partial charge in [0.05, 0.1) is 30.5 Å². The predicted molar refractivity (Wildman–Crippen MR) is 97.1 cm³/mol. The van der Waals surface area contributed by atoms with Gasteiger partial charge in [-0.15, -0.1) is 11.3 Å². The fourth-order valence-electron chi connectivity index (χ4n) is 2.77. The molecule has 0 bridgehead atoms. The van der Waals surface area contributed by atoms with Gasteiger partial charge in [-0.2, -0.15) is 0 Å². The van der Waals surface area contributed by atoms with Gasteiger partial charge in [0.15, 0.2) is 5.96 Å².